The maximum Gasteiger partial charge on any atom is 0.229 e. The van der Waals surface area contributed by atoms with E-state index in [1.165, 1.54) is 5.56 Å². The molecule has 0 aliphatic carbocycles. The number of benzene rings is 1. The molecule has 0 unspecified atom stereocenters. The summed E-state index contributed by atoms with van der Waals surface area (Å²) in [5.41, 5.74) is 5.47. The number of anilines is 4. The molecule has 0 spiro atoms. The summed E-state index contributed by atoms with van der Waals surface area (Å²) in [7, 11) is 3.91. The van der Waals surface area contributed by atoms with Crippen LogP contribution in [0.2, 0.25) is 0 Å². The normalized spacial score (nSPS) is 14.4. The standard InChI is InChI=1S/C28H31N7O/c1-19-7-10-24(27(31-19)23-6-4-5-14-29-23)33-26-11-15-30-28(34-26)32-21-8-9-22(25(18-21)36-3)20-12-16-35(2)17-13-20/h4-11,14-15,18,20H,12-13,16-17H2,1-3H3,(H2,30,32,33,34). The molecular formula is C28H31N7O. The highest BCUT2D eigenvalue weighted by Crippen LogP contribution is 2.36. The number of nitrogens with zero attached hydrogens (tertiary/aromatic N) is 5. The van der Waals surface area contributed by atoms with Crippen LogP contribution in [0, 0.1) is 6.92 Å². The van der Waals surface area contributed by atoms with Crippen molar-refractivity contribution in [3.05, 3.63) is 78.2 Å². The van der Waals surface area contributed by atoms with E-state index >= 15 is 0 Å². The van der Waals surface area contributed by atoms with E-state index in [4.69, 9.17) is 9.72 Å². The average molecular weight is 482 g/mol. The van der Waals surface area contributed by atoms with E-state index in [1.807, 2.05) is 49.4 Å². The SMILES string of the molecule is COc1cc(Nc2nccc(Nc3ccc(C)nc3-c3ccccn3)n2)ccc1C1CCN(C)CC1. The minimum absolute atomic E-state index is 0.494. The van der Waals surface area contributed by atoms with Gasteiger partial charge >= 0.3 is 0 Å². The molecule has 4 heterocycles. The molecule has 0 amide bonds. The molecule has 8 nitrogen and oxygen atoms in total. The minimum atomic E-state index is 0.494. The number of hydrogen-bond acceptors (Lipinski definition) is 8. The van der Waals surface area contributed by atoms with E-state index < -0.39 is 0 Å². The molecule has 36 heavy (non-hydrogen) atoms. The molecular weight excluding hydrogens is 450 g/mol. The third-order valence-corrected chi connectivity index (χ3v) is 6.51. The summed E-state index contributed by atoms with van der Waals surface area (Å²) >= 11 is 0. The van der Waals surface area contributed by atoms with Gasteiger partial charge in [0.2, 0.25) is 5.95 Å². The number of aryl methyl sites for hydroxylation is 1. The second-order valence-corrected chi connectivity index (χ2v) is 9.11. The van der Waals surface area contributed by atoms with Crippen LogP contribution in [-0.2, 0) is 0 Å². The smallest absolute Gasteiger partial charge is 0.229 e. The summed E-state index contributed by atoms with van der Waals surface area (Å²) in [5.74, 6) is 2.57. The lowest BCUT2D eigenvalue weighted by Gasteiger charge is -2.30. The van der Waals surface area contributed by atoms with Gasteiger partial charge in [0.25, 0.3) is 0 Å². The Morgan fingerprint density at radius 3 is 2.56 bits per heavy atom. The Hall–Kier alpha value is -4.04. The zero-order valence-electron chi connectivity index (χ0n) is 20.9. The van der Waals surface area contributed by atoms with Crippen LogP contribution in [-0.4, -0.2) is 52.1 Å². The Morgan fingerprint density at radius 2 is 1.78 bits per heavy atom. The summed E-state index contributed by atoms with van der Waals surface area (Å²) < 4.78 is 5.75. The van der Waals surface area contributed by atoms with Crippen molar-refractivity contribution >= 4 is 23.1 Å². The van der Waals surface area contributed by atoms with Crippen LogP contribution >= 0.6 is 0 Å². The second kappa shape index (κ2) is 10.7. The van der Waals surface area contributed by atoms with Gasteiger partial charge in [-0.2, -0.15) is 4.98 Å². The molecule has 184 valence electrons. The van der Waals surface area contributed by atoms with Gasteiger partial charge in [0.05, 0.1) is 18.5 Å². The van der Waals surface area contributed by atoms with Crippen LogP contribution in [0.1, 0.15) is 30.0 Å². The van der Waals surface area contributed by atoms with E-state index in [0.29, 0.717) is 17.7 Å². The third kappa shape index (κ3) is 5.44. The van der Waals surface area contributed by atoms with Crippen LogP contribution in [0.4, 0.5) is 23.1 Å². The van der Waals surface area contributed by atoms with Crippen molar-refractivity contribution < 1.29 is 4.74 Å². The quantitative estimate of drug-likeness (QED) is 0.355. The fourth-order valence-electron chi connectivity index (χ4n) is 4.56. The van der Waals surface area contributed by atoms with Crippen molar-refractivity contribution in [2.75, 3.05) is 37.9 Å². The van der Waals surface area contributed by atoms with Crippen molar-refractivity contribution in [1.82, 2.24) is 24.8 Å². The highest BCUT2D eigenvalue weighted by molar-refractivity contribution is 5.75. The van der Waals surface area contributed by atoms with E-state index in [2.05, 4.69) is 49.7 Å². The predicted molar refractivity (Wildman–Crippen MR) is 143 cm³/mol. The number of pyridine rings is 2. The molecule has 8 heteroatoms. The van der Waals surface area contributed by atoms with Crippen molar-refractivity contribution in [3.63, 3.8) is 0 Å². The molecule has 1 aromatic carbocycles. The Morgan fingerprint density at radius 1 is 0.917 bits per heavy atom. The topological polar surface area (TPSA) is 88.1 Å². The molecule has 2 N–H and O–H groups in total. The zero-order valence-corrected chi connectivity index (χ0v) is 20.9. The van der Waals surface area contributed by atoms with Gasteiger partial charge in [-0.3, -0.25) is 4.98 Å². The van der Waals surface area contributed by atoms with Crippen LogP contribution < -0.4 is 15.4 Å². The maximum atomic E-state index is 5.75. The van der Waals surface area contributed by atoms with Crippen molar-refractivity contribution in [1.29, 1.82) is 0 Å². The fourth-order valence-corrected chi connectivity index (χ4v) is 4.56. The van der Waals surface area contributed by atoms with Gasteiger partial charge in [-0.1, -0.05) is 12.1 Å². The Bertz CT molecular complexity index is 1320. The van der Waals surface area contributed by atoms with Crippen LogP contribution in [0.5, 0.6) is 5.75 Å². The average Bonchev–Trinajstić information content (AvgIpc) is 2.91. The summed E-state index contributed by atoms with van der Waals surface area (Å²) in [5, 5.41) is 6.70. The maximum absolute atomic E-state index is 5.75. The Labute approximate surface area is 211 Å². The van der Waals surface area contributed by atoms with Gasteiger partial charge in [0, 0.05) is 29.8 Å². The zero-order chi connectivity index (χ0) is 24.9. The number of rotatable bonds is 7. The third-order valence-electron chi connectivity index (χ3n) is 6.51. The first-order chi connectivity index (χ1) is 17.6. The van der Waals surface area contributed by atoms with Crippen LogP contribution in [0.3, 0.4) is 0 Å². The van der Waals surface area contributed by atoms with Gasteiger partial charge in [0.15, 0.2) is 0 Å². The van der Waals surface area contributed by atoms with Crippen LogP contribution in [0.15, 0.2) is 67.0 Å². The Kier molecular flexibility index (Phi) is 7.04. The van der Waals surface area contributed by atoms with E-state index in [9.17, 15) is 0 Å². The highest BCUT2D eigenvalue weighted by atomic mass is 16.5. The largest absolute Gasteiger partial charge is 0.496 e. The second-order valence-electron chi connectivity index (χ2n) is 9.11. The van der Waals surface area contributed by atoms with Gasteiger partial charge < -0.3 is 20.3 Å². The number of aromatic nitrogens is 4. The molecule has 0 bridgehead atoms. The molecule has 5 rings (SSSR count). The number of hydrogen-bond donors (Lipinski definition) is 2. The molecule has 1 aliphatic rings. The first-order valence-electron chi connectivity index (χ1n) is 12.2. The molecule has 0 saturated carbocycles. The summed E-state index contributed by atoms with van der Waals surface area (Å²) in [6.07, 6.45) is 5.78. The predicted octanol–water partition coefficient (Wildman–Crippen LogP) is 5.55. The van der Waals surface area contributed by atoms with Crippen molar-refractivity contribution in [2.24, 2.45) is 0 Å². The van der Waals surface area contributed by atoms with Gasteiger partial charge in [-0.25, -0.2) is 9.97 Å². The number of ether oxygens (including phenoxy) is 1. The number of nitrogens with one attached hydrogen (secondary N) is 2. The fraction of sp³-hybridized carbons (Fsp3) is 0.286. The molecule has 0 atom stereocenters. The first kappa shape index (κ1) is 23.7. The Balaban J connectivity index is 1.35. The van der Waals surface area contributed by atoms with Gasteiger partial charge in [-0.05, 0) is 87.8 Å². The molecule has 1 aliphatic heterocycles. The number of methoxy groups -OCH3 is 1. The molecule has 3 aromatic heterocycles. The van der Waals surface area contributed by atoms with Gasteiger partial charge in [0.1, 0.15) is 17.3 Å². The monoisotopic (exact) mass is 481 g/mol. The van der Waals surface area contributed by atoms with E-state index in [1.54, 1.807) is 19.5 Å². The lowest BCUT2D eigenvalue weighted by Crippen LogP contribution is -2.29. The summed E-state index contributed by atoms with van der Waals surface area (Å²) in [6.45, 7) is 4.19. The number of piperidine rings is 1. The molecule has 4 aromatic rings. The van der Waals surface area contributed by atoms with E-state index in [-0.39, 0.29) is 0 Å². The van der Waals surface area contributed by atoms with Crippen molar-refractivity contribution in [3.8, 4) is 17.1 Å². The van der Waals surface area contributed by atoms with E-state index in [0.717, 1.165) is 60.1 Å². The van der Waals surface area contributed by atoms with Crippen molar-refractivity contribution in [2.45, 2.75) is 25.7 Å². The number of likely N-dealkylation sites (tertiary alicyclic amines) is 1. The van der Waals surface area contributed by atoms with Gasteiger partial charge in [-0.15, -0.1) is 0 Å². The highest BCUT2D eigenvalue weighted by Gasteiger charge is 2.21. The minimum Gasteiger partial charge on any atom is -0.496 e. The molecule has 0 radical (unpaired) electrons. The lowest BCUT2D eigenvalue weighted by atomic mass is 9.89. The molecule has 1 fully saturated rings. The van der Waals surface area contributed by atoms with Crippen LogP contribution in [0.25, 0.3) is 11.4 Å². The first-order valence-corrected chi connectivity index (χ1v) is 12.2. The molecule has 1 saturated heterocycles. The lowest BCUT2D eigenvalue weighted by molar-refractivity contribution is 0.252. The summed E-state index contributed by atoms with van der Waals surface area (Å²) in [6, 6.07) is 17.8. The summed E-state index contributed by atoms with van der Waals surface area (Å²) in [4.78, 5) is 20.6.